The first-order valence-electron chi connectivity index (χ1n) is 5.81. The number of carbonyl (C=O) groups is 1. The summed E-state index contributed by atoms with van der Waals surface area (Å²) >= 11 is 0. The molecule has 0 bridgehead atoms. The molecular weight excluding hydrogens is 228 g/mol. The molecule has 1 aromatic heterocycles. The number of rotatable bonds is 3. The van der Waals surface area contributed by atoms with Crippen LogP contribution in [0, 0.1) is 6.92 Å². The van der Waals surface area contributed by atoms with E-state index in [9.17, 15) is 4.79 Å². The summed E-state index contributed by atoms with van der Waals surface area (Å²) in [5.41, 5.74) is 8.79. The second-order valence-corrected chi connectivity index (χ2v) is 4.21. The third-order valence-corrected chi connectivity index (χ3v) is 2.70. The van der Waals surface area contributed by atoms with E-state index >= 15 is 0 Å². The molecule has 0 unspecified atom stereocenters. The number of carbonyl (C=O) groups excluding carboxylic acids is 1. The van der Waals surface area contributed by atoms with Crippen LogP contribution in [0.15, 0.2) is 24.4 Å². The van der Waals surface area contributed by atoms with Crippen molar-refractivity contribution in [3.63, 3.8) is 0 Å². The Kier molecular flexibility index (Phi) is 3.32. The molecule has 5 nitrogen and oxygen atoms in total. The number of aromatic nitrogens is 2. The minimum Gasteiger partial charge on any atom is -0.399 e. The van der Waals surface area contributed by atoms with Crippen LogP contribution >= 0.6 is 0 Å². The molecule has 1 amide bonds. The minimum absolute atomic E-state index is 0.190. The predicted molar refractivity (Wildman–Crippen MR) is 71.5 cm³/mol. The Morgan fingerprint density at radius 2 is 2.22 bits per heavy atom. The molecule has 4 N–H and O–H groups in total. The fourth-order valence-corrected chi connectivity index (χ4v) is 1.82. The first-order valence-corrected chi connectivity index (χ1v) is 5.81. The van der Waals surface area contributed by atoms with E-state index in [2.05, 4.69) is 15.5 Å². The number of nitrogens with zero attached hydrogens (tertiary/aromatic N) is 1. The lowest BCUT2D eigenvalue weighted by atomic mass is 10.1. The Balaban J connectivity index is 2.22. The van der Waals surface area contributed by atoms with E-state index in [-0.39, 0.29) is 5.91 Å². The van der Waals surface area contributed by atoms with Crippen LogP contribution in [0.2, 0.25) is 0 Å². The topological polar surface area (TPSA) is 83.8 Å². The second-order valence-electron chi connectivity index (χ2n) is 4.21. The number of nitrogens with one attached hydrogen (secondary N) is 2. The molecule has 0 spiro atoms. The van der Waals surface area contributed by atoms with Gasteiger partial charge in [0.25, 0.3) is 5.91 Å². The molecule has 0 atom stereocenters. The van der Waals surface area contributed by atoms with E-state index < -0.39 is 0 Å². The quantitative estimate of drug-likeness (QED) is 0.723. The van der Waals surface area contributed by atoms with Crippen molar-refractivity contribution in [1.82, 2.24) is 10.2 Å². The molecule has 18 heavy (non-hydrogen) atoms. The van der Waals surface area contributed by atoms with E-state index in [1.807, 2.05) is 19.9 Å². The van der Waals surface area contributed by atoms with Gasteiger partial charge in [0.2, 0.25) is 0 Å². The highest BCUT2D eigenvalue weighted by Gasteiger charge is 2.10. The number of hydrogen-bond acceptors (Lipinski definition) is 3. The molecule has 2 rings (SSSR count). The Morgan fingerprint density at radius 3 is 2.89 bits per heavy atom. The van der Waals surface area contributed by atoms with Crippen molar-refractivity contribution >= 4 is 17.4 Å². The van der Waals surface area contributed by atoms with E-state index in [0.717, 1.165) is 17.5 Å². The van der Waals surface area contributed by atoms with Crippen LogP contribution in [-0.2, 0) is 6.42 Å². The molecule has 0 radical (unpaired) electrons. The van der Waals surface area contributed by atoms with Crippen LogP contribution < -0.4 is 11.1 Å². The molecule has 1 heterocycles. The molecule has 0 aliphatic heterocycles. The number of nitrogen functional groups attached to an aromatic ring is 1. The van der Waals surface area contributed by atoms with Crippen molar-refractivity contribution in [2.45, 2.75) is 20.3 Å². The van der Waals surface area contributed by atoms with Gasteiger partial charge in [-0.15, -0.1) is 0 Å². The zero-order valence-corrected chi connectivity index (χ0v) is 10.4. The fraction of sp³-hybridized carbons (Fsp3) is 0.231. The molecule has 1 aromatic carbocycles. The average molecular weight is 244 g/mol. The number of amides is 1. The maximum atomic E-state index is 12.1. The van der Waals surface area contributed by atoms with Gasteiger partial charge in [0.05, 0.1) is 6.20 Å². The van der Waals surface area contributed by atoms with Crippen LogP contribution in [0.25, 0.3) is 0 Å². The van der Waals surface area contributed by atoms with Gasteiger partial charge in [0.15, 0.2) is 0 Å². The summed E-state index contributed by atoms with van der Waals surface area (Å²) in [5.74, 6) is 0.451. The standard InChI is InChI=1S/C13H16N4O/c1-3-9-7-15-17-12(9)16-13(18)10-4-8(2)5-11(14)6-10/h4-7H,3,14H2,1-2H3,(H2,15,16,17,18). The molecule has 0 fully saturated rings. The van der Waals surface area contributed by atoms with Gasteiger partial charge in [0.1, 0.15) is 5.82 Å². The highest BCUT2D eigenvalue weighted by atomic mass is 16.1. The van der Waals surface area contributed by atoms with Crippen molar-refractivity contribution in [3.8, 4) is 0 Å². The normalized spacial score (nSPS) is 10.3. The smallest absolute Gasteiger partial charge is 0.256 e. The van der Waals surface area contributed by atoms with Crippen LogP contribution in [0.1, 0.15) is 28.4 Å². The lowest BCUT2D eigenvalue weighted by Gasteiger charge is -2.06. The van der Waals surface area contributed by atoms with Gasteiger partial charge in [-0.1, -0.05) is 6.92 Å². The third-order valence-electron chi connectivity index (χ3n) is 2.70. The second kappa shape index (κ2) is 4.91. The molecule has 0 saturated heterocycles. The molecule has 0 saturated carbocycles. The Labute approximate surface area is 105 Å². The van der Waals surface area contributed by atoms with Gasteiger partial charge in [-0.25, -0.2) is 0 Å². The van der Waals surface area contributed by atoms with E-state index in [1.165, 1.54) is 0 Å². The predicted octanol–water partition coefficient (Wildman–Crippen LogP) is 2.12. The van der Waals surface area contributed by atoms with Crippen molar-refractivity contribution in [2.24, 2.45) is 0 Å². The number of hydrogen-bond donors (Lipinski definition) is 3. The van der Waals surface area contributed by atoms with Crippen LogP contribution in [0.4, 0.5) is 11.5 Å². The summed E-state index contributed by atoms with van der Waals surface area (Å²) in [6.07, 6.45) is 2.52. The van der Waals surface area contributed by atoms with Crippen LogP contribution in [0.3, 0.4) is 0 Å². The maximum Gasteiger partial charge on any atom is 0.256 e. The average Bonchev–Trinajstić information content (AvgIpc) is 2.75. The molecule has 0 aliphatic rings. The largest absolute Gasteiger partial charge is 0.399 e. The Bertz CT molecular complexity index is 554. The third kappa shape index (κ3) is 2.51. The lowest BCUT2D eigenvalue weighted by molar-refractivity contribution is 0.102. The van der Waals surface area contributed by atoms with Crippen LogP contribution in [-0.4, -0.2) is 16.1 Å². The van der Waals surface area contributed by atoms with Gasteiger partial charge in [-0.3, -0.25) is 9.89 Å². The summed E-state index contributed by atoms with van der Waals surface area (Å²) < 4.78 is 0. The number of nitrogens with two attached hydrogens (primary N) is 1. The van der Waals surface area contributed by atoms with Crippen molar-refractivity contribution < 1.29 is 4.79 Å². The molecule has 2 aromatic rings. The number of aromatic amines is 1. The number of H-pyrrole nitrogens is 1. The number of aryl methyl sites for hydroxylation is 2. The fourth-order valence-electron chi connectivity index (χ4n) is 1.82. The van der Waals surface area contributed by atoms with Crippen molar-refractivity contribution in [1.29, 1.82) is 0 Å². The van der Waals surface area contributed by atoms with Crippen molar-refractivity contribution in [2.75, 3.05) is 11.1 Å². The van der Waals surface area contributed by atoms with Gasteiger partial charge >= 0.3 is 0 Å². The number of benzene rings is 1. The number of anilines is 2. The zero-order valence-electron chi connectivity index (χ0n) is 10.4. The SMILES string of the molecule is CCc1cn[nH]c1NC(=O)c1cc(C)cc(N)c1. The lowest BCUT2D eigenvalue weighted by Crippen LogP contribution is -2.13. The van der Waals surface area contributed by atoms with E-state index in [4.69, 9.17) is 5.73 Å². The minimum atomic E-state index is -0.190. The molecule has 0 aliphatic carbocycles. The van der Waals surface area contributed by atoms with Gasteiger partial charge in [-0.2, -0.15) is 5.10 Å². The first-order chi connectivity index (χ1) is 8.60. The summed E-state index contributed by atoms with van der Waals surface area (Å²) in [4.78, 5) is 12.1. The zero-order chi connectivity index (χ0) is 13.1. The Morgan fingerprint density at radius 1 is 1.44 bits per heavy atom. The van der Waals surface area contributed by atoms with Gasteiger partial charge in [-0.05, 0) is 37.1 Å². The monoisotopic (exact) mass is 244 g/mol. The van der Waals surface area contributed by atoms with Crippen molar-refractivity contribution in [3.05, 3.63) is 41.1 Å². The first kappa shape index (κ1) is 12.2. The molecule has 5 heteroatoms. The maximum absolute atomic E-state index is 12.1. The van der Waals surface area contributed by atoms with E-state index in [0.29, 0.717) is 17.1 Å². The molecular formula is C13H16N4O. The Hall–Kier alpha value is -2.30. The summed E-state index contributed by atoms with van der Waals surface area (Å²) in [6.45, 7) is 3.91. The summed E-state index contributed by atoms with van der Waals surface area (Å²) in [6, 6.07) is 5.28. The highest BCUT2D eigenvalue weighted by molar-refractivity contribution is 6.04. The van der Waals surface area contributed by atoms with Gasteiger partial charge < -0.3 is 11.1 Å². The van der Waals surface area contributed by atoms with Gasteiger partial charge in [0, 0.05) is 16.8 Å². The summed E-state index contributed by atoms with van der Waals surface area (Å²) in [7, 11) is 0. The molecule has 94 valence electrons. The van der Waals surface area contributed by atoms with E-state index in [1.54, 1.807) is 18.3 Å². The summed E-state index contributed by atoms with van der Waals surface area (Å²) in [5, 5.41) is 9.48. The van der Waals surface area contributed by atoms with Crippen LogP contribution in [0.5, 0.6) is 0 Å². The highest BCUT2D eigenvalue weighted by Crippen LogP contribution is 2.15.